The van der Waals surface area contributed by atoms with Gasteiger partial charge in [0.1, 0.15) is 0 Å². The van der Waals surface area contributed by atoms with Crippen LogP contribution in [0.5, 0.6) is 0 Å². The Morgan fingerprint density at radius 3 is 2.25 bits per heavy atom. The number of carbonyl (C=O) groups excluding carboxylic acids is 1. The second-order valence-electron chi connectivity index (χ2n) is 7.04. The van der Waals surface area contributed by atoms with Crippen LogP contribution in [0.25, 0.3) is 11.3 Å². The first-order valence-electron chi connectivity index (χ1n) is 9.40. The van der Waals surface area contributed by atoms with Crippen molar-refractivity contribution in [2.75, 3.05) is 0 Å². The van der Waals surface area contributed by atoms with Crippen LogP contribution < -0.4 is 0 Å². The summed E-state index contributed by atoms with van der Waals surface area (Å²) in [6, 6.07) is 21.8. The van der Waals surface area contributed by atoms with Gasteiger partial charge < -0.3 is 0 Å². The van der Waals surface area contributed by atoms with E-state index in [4.69, 9.17) is 5.10 Å². The van der Waals surface area contributed by atoms with Gasteiger partial charge in [-0.05, 0) is 17.5 Å². The number of hydrogen-bond acceptors (Lipinski definition) is 3. The van der Waals surface area contributed by atoms with Gasteiger partial charge in [0.15, 0.2) is 0 Å². The molecule has 2 aromatic carbocycles. The minimum absolute atomic E-state index is 0.128. The first kappa shape index (κ1) is 17.9. The highest BCUT2D eigenvalue weighted by Gasteiger charge is 2.25. The van der Waals surface area contributed by atoms with Crippen LogP contribution in [0.15, 0.2) is 79.1 Å². The summed E-state index contributed by atoms with van der Waals surface area (Å²) >= 11 is 0. The topological polar surface area (TPSA) is 52.7 Å². The summed E-state index contributed by atoms with van der Waals surface area (Å²) in [6.07, 6.45) is 3.96. The molecule has 0 aliphatic rings. The molecule has 140 valence electrons. The lowest BCUT2D eigenvalue weighted by Gasteiger charge is -2.12. The standard InChI is InChI=1S/C23H22N4O/c1-17(2)22-20(16-18-10-5-3-6-11-18)21(19-12-7-4-8-13-19)25-27(22)23(28)26-15-9-14-24-26/h3-15,17H,16H2,1-2H3. The molecule has 5 nitrogen and oxygen atoms in total. The van der Waals surface area contributed by atoms with E-state index in [0.717, 1.165) is 22.5 Å². The Balaban J connectivity index is 1.91. The minimum atomic E-state index is -0.273. The summed E-state index contributed by atoms with van der Waals surface area (Å²) in [5.41, 5.74) is 5.03. The second-order valence-corrected chi connectivity index (χ2v) is 7.04. The first-order valence-corrected chi connectivity index (χ1v) is 9.40. The fourth-order valence-electron chi connectivity index (χ4n) is 3.48. The molecule has 0 N–H and O–H groups in total. The zero-order valence-corrected chi connectivity index (χ0v) is 16.0. The molecule has 2 heterocycles. The lowest BCUT2D eigenvalue weighted by Crippen LogP contribution is -2.24. The van der Waals surface area contributed by atoms with Crippen LogP contribution in [-0.4, -0.2) is 25.6 Å². The van der Waals surface area contributed by atoms with Crippen molar-refractivity contribution in [2.24, 2.45) is 0 Å². The Kier molecular flexibility index (Phi) is 4.89. The smallest absolute Gasteiger partial charge is 0.244 e. The zero-order chi connectivity index (χ0) is 19.5. The SMILES string of the molecule is CC(C)c1c(Cc2ccccc2)c(-c2ccccc2)nn1C(=O)n1cccn1. The van der Waals surface area contributed by atoms with Crippen molar-refractivity contribution in [2.45, 2.75) is 26.2 Å². The molecule has 0 atom stereocenters. The van der Waals surface area contributed by atoms with Gasteiger partial charge in [-0.1, -0.05) is 74.5 Å². The Morgan fingerprint density at radius 1 is 0.964 bits per heavy atom. The van der Waals surface area contributed by atoms with Crippen LogP contribution in [0.2, 0.25) is 0 Å². The summed E-state index contributed by atoms with van der Waals surface area (Å²) in [5, 5.41) is 8.85. The zero-order valence-electron chi connectivity index (χ0n) is 16.0. The van der Waals surface area contributed by atoms with Crippen molar-refractivity contribution < 1.29 is 4.79 Å². The van der Waals surface area contributed by atoms with Crippen molar-refractivity contribution in [1.29, 1.82) is 0 Å². The molecule has 0 amide bonds. The molecule has 0 fully saturated rings. The molecular formula is C23H22N4O. The number of benzene rings is 2. The predicted molar refractivity (Wildman–Crippen MR) is 109 cm³/mol. The summed E-state index contributed by atoms with van der Waals surface area (Å²) in [4.78, 5) is 13.1. The van der Waals surface area contributed by atoms with Crippen molar-refractivity contribution in [3.8, 4) is 11.3 Å². The van der Waals surface area contributed by atoms with Crippen molar-refractivity contribution in [3.05, 3.63) is 95.9 Å². The summed E-state index contributed by atoms with van der Waals surface area (Å²) in [6.45, 7) is 4.18. The molecule has 0 radical (unpaired) electrons. The lowest BCUT2D eigenvalue weighted by molar-refractivity contribution is 0.237. The van der Waals surface area contributed by atoms with Gasteiger partial charge in [0.25, 0.3) is 0 Å². The summed E-state index contributed by atoms with van der Waals surface area (Å²) in [5.74, 6) is 0.128. The third-order valence-electron chi connectivity index (χ3n) is 4.72. The van der Waals surface area contributed by atoms with Gasteiger partial charge in [-0.3, -0.25) is 0 Å². The molecule has 0 saturated carbocycles. The van der Waals surface area contributed by atoms with E-state index in [9.17, 15) is 4.79 Å². The summed E-state index contributed by atoms with van der Waals surface area (Å²) < 4.78 is 2.83. The molecule has 0 bridgehead atoms. The van der Waals surface area contributed by atoms with E-state index in [-0.39, 0.29) is 11.9 Å². The normalized spacial score (nSPS) is 11.1. The predicted octanol–water partition coefficient (Wildman–Crippen LogP) is 4.98. The molecule has 0 saturated heterocycles. The second kappa shape index (κ2) is 7.64. The Hall–Kier alpha value is -3.47. The Labute approximate surface area is 164 Å². The highest BCUT2D eigenvalue weighted by molar-refractivity contribution is 5.80. The van der Waals surface area contributed by atoms with Gasteiger partial charge in [0.2, 0.25) is 0 Å². The maximum absolute atomic E-state index is 13.1. The van der Waals surface area contributed by atoms with Gasteiger partial charge in [-0.25, -0.2) is 4.79 Å². The third-order valence-corrected chi connectivity index (χ3v) is 4.72. The van der Waals surface area contributed by atoms with Crippen LogP contribution in [0.3, 0.4) is 0 Å². The molecule has 28 heavy (non-hydrogen) atoms. The van der Waals surface area contributed by atoms with Gasteiger partial charge in [0.05, 0.1) is 11.4 Å². The van der Waals surface area contributed by atoms with E-state index in [1.54, 1.807) is 18.5 Å². The largest absolute Gasteiger partial charge is 0.369 e. The molecule has 0 aliphatic heterocycles. The number of nitrogens with zero attached hydrogens (tertiary/aromatic N) is 4. The molecular weight excluding hydrogens is 348 g/mol. The average Bonchev–Trinajstić information content (AvgIpc) is 3.37. The number of aromatic nitrogens is 4. The van der Waals surface area contributed by atoms with Crippen LogP contribution in [0.1, 0.15) is 36.6 Å². The monoisotopic (exact) mass is 370 g/mol. The summed E-state index contributed by atoms with van der Waals surface area (Å²) in [7, 11) is 0. The lowest BCUT2D eigenvalue weighted by atomic mass is 9.95. The minimum Gasteiger partial charge on any atom is -0.244 e. The van der Waals surface area contributed by atoms with Gasteiger partial charge in [0, 0.05) is 29.9 Å². The van der Waals surface area contributed by atoms with Gasteiger partial charge in [-0.2, -0.15) is 19.6 Å². The van der Waals surface area contributed by atoms with Crippen molar-refractivity contribution in [1.82, 2.24) is 19.6 Å². The van der Waals surface area contributed by atoms with Crippen LogP contribution in [-0.2, 0) is 6.42 Å². The van der Waals surface area contributed by atoms with Crippen molar-refractivity contribution in [3.63, 3.8) is 0 Å². The van der Waals surface area contributed by atoms with E-state index in [1.807, 2.05) is 48.5 Å². The highest BCUT2D eigenvalue weighted by Crippen LogP contribution is 2.32. The van der Waals surface area contributed by atoms with Gasteiger partial charge in [-0.15, -0.1) is 0 Å². The molecule has 5 heteroatoms. The van der Waals surface area contributed by atoms with E-state index >= 15 is 0 Å². The van der Waals surface area contributed by atoms with Crippen molar-refractivity contribution >= 4 is 6.03 Å². The van der Waals surface area contributed by atoms with Gasteiger partial charge >= 0.3 is 6.03 Å². The van der Waals surface area contributed by atoms with E-state index in [2.05, 4.69) is 31.1 Å². The molecule has 0 unspecified atom stereocenters. The van der Waals surface area contributed by atoms with Crippen LogP contribution >= 0.6 is 0 Å². The molecule has 4 rings (SSSR count). The number of carbonyl (C=O) groups is 1. The Morgan fingerprint density at radius 2 is 1.64 bits per heavy atom. The van der Waals surface area contributed by atoms with Crippen LogP contribution in [0.4, 0.5) is 4.79 Å². The van der Waals surface area contributed by atoms with E-state index in [1.165, 1.54) is 14.9 Å². The maximum Gasteiger partial charge on any atom is 0.369 e. The van der Waals surface area contributed by atoms with E-state index < -0.39 is 0 Å². The number of hydrogen-bond donors (Lipinski definition) is 0. The molecule has 2 aromatic heterocycles. The first-order chi connectivity index (χ1) is 13.6. The molecule has 4 aromatic rings. The maximum atomic E-state index is 13.1. The highest BCUT2D eigenvalue weighted by atomic mass is 16.2. The molecule has 0 aliphatic carbocycles. The average molecular weight is 370 g/mol. The Bertz CT molecular complexity index is 1060. The third kappa shape index (κ3) is 3.39. The fraction of sp³-hybridized carbons (Fsp3) is 0.174. The van der Waals surface area contributed by atoms with Crippen LogP contribution in [0, 0.1) is 0 Å². The molecule has 0 spiro atoms. The fourth-order valence-corrected chi connectivity index (χ4v) is 3.48. The number of rotatable bonds is 4. The quantitative estimate of drug-likeness (QED) is 0.509. The van der Waals surface area contributed by atoms with E-state index in [0.29, 0.717) is 6.42 Å².